The number of carbonyl (C=O) groups is 1. The number of aromatic amines is 1. The summed E-state index contributed by atoms with van der Waals surface area (Å²) in [5.74, 6) is 3.00. The van der Waals surface area contributed by atoms with Gasteiger partial charge in [0, 0.05) is 67.8 Å². The van der Waals surface area contributed by atoms with Crippen molar-refractivity contribution in [2.75, 3.05) is 36.4 Å². The molecule has 3 heterocycles. The lowest BCUT2D eigenvalue weighted by atomic mass is 10.1. The molecule has 2 aromatic carbocycles. The smallest absolute Gasteiger partial charge is 0.196 e. The number of benzene rings is 2. The molecule has 0 bridgehead atoms. The Bertz CT molecular complexity index is 1410. The van der Waals surface area contributed by atoms with Crippen molar-refractivity contribution in [1.29, 1.82) is 0 Å². The summed E-state index contributed by atoms with van der Waals surface area (Å²) < 4.78 is 0. The summed E-state index contributed by atoms with van der Waals surface area (Å²) in [5.41, 5.74) is 3.39. The second-order valence-electron chi connectivity index (χ2n) is 10.4. The second kappa shape index (κ2) is 11.6. The third-order valence-electron chi connectivity index (χ3n) is 7.14. The molecular formula is C30H33N7OS. The zero-order valence-electron chi connectivity index (χ0n) is 22.1. The van der Waals surface area contributed by atoms with Crippen LogP contribution in [-0.4, -0.2) is 57.0 Å². The average Bonchev–Trinajstić information content (AvgIpc) is 3.73. The molecule has 0 spiro atoms. The molecule has 9 heteroatoms. The maximum absolute atomic E-state index is 12.2. The van der Waals surface area contributed by atoms with E-state index in [2.05, 4.69) is 67.8 Å². The first-order valence-electron chi connectivity index (χ1n) is 13.6. The molecule has 2 fully saturated rings. The highest BCUT2D eigenvalue weighted by molar-refractivity contribution is 7.99. The molecule has 200 valence electrons. The van der Waals surface area contributed by atoms with E-state index >= 15 is 0 Å². The molecule has 8 nitrogen and oxygen atoms in total. The quantitative estimate of drug-likeness (QED) is 0.264. The maximum Gasteiger partial charge on any atom is 0.196 e. The molecule has 6 rings (SSSR count). The first kappa shape index (κ1) is 25.6. The predicted octanol–water partition coefficient (Wildman–Crippen LogP) is 5.25. The van der Waals surface area contributed by atoms with Crippen molar-refractivity contribution in [3.8, 4) is 0 Å². The molecule has 0 unspecified atom stereocenters. The SMILES string of the molecule is Cc1cc(Nc2cc(N3CCN(Cc4ccccc4)CC3)nc(Sc3ccc(CC(=O)C4CC4)cc3)n2)n[nH]1. The molecule has 0 amide bonds. The number of aryl methyl sites for hydroxylation is 1. The number of hydrogen-bond acceptors (Lipinski definition) is 8. The van der Waals surface area contributed by atoms with E-state index in [1.807, 2.05) is 31.2 Å². The molecule has 0 atom stereocenters. The molecule has 1 aliphatic heterocycles. The number of Topliss-reactive ketones (excluding diaryl/α,β-unsaturated/α-hetero) is 1. The normalized spacial score (nSPS) is 15.9. The van der Waals surface area contributed by atoms with Crippen molar-refractivity contribution >= 4 is 35.0 Å². The van der Waals surface area contributed by atoms with Crippen LogP contribution in [0.1, 0.15) is 29.7 Å². The van der Waals surface area contributed by atoms with E-state index in [9.17, 15) is 4.79 Å². The van der Waals surface area contributed by atoms with Crippen LogP contribution in [0.2, 0.25) is 0 Å². The lowest BCUT2D eigenvalue weighted by Gasteiger charge is -2.35. The minimum Gasteiger partial charge on any atom is -0.354 e. The fraction of sp³-hybridized carbons (Fsp3) is 0.333. The van der Waals surface area contributed by atoms with Crippen LogP contribution in [0.4, 0.5) is 17.5 Å². The lowest BCUT2D eigenvalue weighted by Crippen LogP contribution is -2.46. The molecule has 4 aromatic rings. The Kier molecular flexibility index (Phi) is 7.60. The van der Waals surface area contributed by atoms with E-state index < -0.39 is 0 Å². The standard InChI is InChI=1S/C30H33N7OS/c1-21-17-28(35-34-21)31-27-19-29(37-15-13-36(14-16-37)20-23-5-3-2-4-6-23)33-30(32-27)39-25-11-7-22(8-12-25)18-26(38)24-9-10-24/h2-8,11-12,17,19,24H,9-10,13-16,18,20H2,1H3,(H2,31,32,33,34,35). The van der Waals surface area contributed by atoms with Crippen LogP contribution in [0.15, 0.2) is 76.8 Å². The van der Waals surface area contributed by atoms with Crippen LogP contribution in [0.5, 0.6) is 0 Å². The Morgan fingerprint density at radius 1 is 0.949 bits per heavy atom. The number of aromatic nitrogens is 4. The fourth-order valence-electron chi connectivity index (χ4n) is 4.81. The summed E-state index contributed by atoms with van der Waals surface area (Å²) in [4.78, 5) is 27.8. The minimum absolute atomic E-state index is 0.291. The van der Waals surface area contributed by atoms with Crippen LogP contribution >= 0.6 is 11.8 Å². The Balaban J connectivity index is 1.16. The van der Waals surface area contributed by atoms with E-state index in [4.69, 9.17) is 9.97 Å². The van der Waals surface area contributed by atoms with Crippen molar-refractivity contribution in [3.05, 3.63) is 83.6 Å². The number of piperazine rings is 1. The van der Waals surface area contributed by atoms with Crippen molar-refractivity contribution in [1.82, 2.24) is 25.1 Å². The van der Waals surface area contributed by atoms with Gasteiger partial charge in [-0.1, -0.05) is 42.5 Å². The van der Waals surface area contributed by atoms with Crippen LogP contribution < -0.4 is 10.2 Å². The zero-order chi connectivity index (χ0) is 26.6. The second-order valence-corrected chi connectivity index (χ2v) is 11.4. The molecule has 2 aromatic heterocycles. The average molecular weight is 540 g/mol. The van der Waals surface area contributed by atoms with Gasteiger partial charge in [-0.25, -0.2) is 9.97 Å². The molecule has 2 aliphatic rings. The number of anilines is 3. The lowest BCUT2D eigenvalue weighted by molar-refractivity contribution is -0.119. The first-order valence-corrected chi connectivity index (χ1v) is 14.4. The Morgan fingerprint density at radius 2 is 1.72 bits per heavy atom. The van der Waals surface area contributed by atoms with Crippen LogP contribution in [0.25, 0.3) is 0 Å². The summed E-state index contributed by atoms with van der Waals surface area (Å²) in [6.45, 7) is 6.69. The summed E-state index contributed by atoms with van der Waals surface area (Å²) in [7, 11) is 0. The van der Waals surface area contributed by atoms with Crippen molar-refractivity contribution in [2.45, 2.75) is 42.8 Å². The summed E-state index contributed by atoms with van der Waals surface area (Å²) in [6.07, 6.45) is 2.63. The maximum atomic E-state index is 12.2. The van der Waals surface area contributed by atoms with Crippen molar-refractivity contribution < 1.29 is 4.79 Å². The number of H-pyrrole nitrogens is 1. The van der Waals surface area contributed by atoms with Gasteiger partial charge in [0.2, 0.25) is 0 Å². The van der Waals surface area contributed by atoms with Gasteiger partial charge in [0.05, 0.1) is 0 Å². The number of ketones is 1. The van der Waals surface area contributed by atoms with Gasteiger partial charge in [-0.05, 0) is 54.8 Å². The zero-order valence-corrected chi connectivity index (χ0v) is 23.0. The Hall–Kier alpha value is -3.69. The van der Waals surface area contributed by atoms with Gasteiger partial charge in [-0.15, -0.1) is 0 Å². The molecule has 2 N–H and O–H groups in total. The summed E-state index contributed by atoms with van der Waals surface area (Å²) in [5, 5.41) is 11.3. The topological polar surface area (TPSA) is 90.0 Å². The molecule has 1 saturated heterocycles. The number of carbonyl (C=O) groups excluding carboxylic acids is 1. The number of nitrogens with zero attached hydrogens (tertiary/aromatic N) is 5. The highest BCUT2D eigenvalue weighted by Crippen LogP contribution is 2.32. The third-order valence-corrected chi connectivity index (χ3v) is 8.02. The van der Waals surface area contributed by atoms with E-state index in [1.165, 1.54) is 17.3 Å². The van der Waals surface area contributed by atoms with Crippen LogP contribution in [0.3, 0.4) is 0 Å². The van der Waals surface area contributed by atoms with E-state index in [-0.39, 0.29) is 0 Å². The van der Waals surface area contributed by atoms with Crippen LogP contribution in [-0.2, 0) is 17.8 Å². The van der Waals surface area contributed by atoms with Crippen molar-refractivity contribution in [3.63, 3.8) is 0 Å². The van der Waals surface area contributed by atoms with Gasteiger partial charge in [-0.3, -0.25) is 14.8 Å². The highest BCUT2D eigenvalue weighted by atomic mass is 32.2. The molecule has 0 radical (unpaired) electrons. The first-order chi connectivity index (χ1) is 19.1. The Morgan fingerprint density at radius 3 is 2.41 bits per heavy atom. The fourth-order valence-corrected chi connectivity index (χ4v) is 5.57. The molecule has 39 heavy (non-hydrogen) atoms. The monoisotopic (exact) mass is 539 g/mol. The van der Waals surface area contributed by atoms with Gasteiger partial charge < -0.3 is 10.2 Å². The van der Waals surface area contributed by atoms with Gasteiger partial charge in [0.25, 0.3) is 0 Å². The number of rotatable bonds is 10. The molecule has 1 aliphatic carbocycles. The minimum atomic E-state index is 0.291. The summed E-state index contributed by atoms with van der Waals surface area (Å²) in [6, 6.07) is 22.8. The van der Waals surface area contributed by atoms with E-state index in [0.717, 1.165) is 73.4 Å². The van der Waals surface area contributed by atoms with E-state index in [0.29, 0.717) is 29.1 Å². The molecular weight excluding hydrogens is 506 g/mol. The van der Waals surface area contributed by atoms with Gasteiger partial charge in [0.15, 0.2) is 11.0 Å². The van der Waals surface area contributed by atoms with Gasteiger partial charge in [0.1, 0.15) is 17.4 Å². The van der Waals surface area contributed by atoms with Crippen molar-refractivity contribution in [2.24, 2.45) is 5.92 Å². The summed E-state index contributed by atoms with van der Waals surface area (Å²) >= 11 is 1.53. The predicted molar refractivity (Wildman–Crippen MR) is 155 cm³/mol. The van der Waals surface area contributed by atoms with Gasteiger partial charge in [-0.2, -0.15) is 5.10 Å². The third kappa shape index (κ3) is 6.85. The van der Waals surface area contributed by atoms with Crippen LogP contribution in [0, 0.1) is 12.8 Å². The number of nitrogens with one attached hydrogen (secondary N) is 2. The Labute approximate surface area is 233 Å². The number of hydrogen-bond donors (Lipinski definition) is 2. The van der Waals surface area contributed by atoms with Gasteiger partial charge >= 0.3 is 0 Å². The van der Waals surface area contributed by atoms with E-state index in [1.54, 1.807) is 0 Å². The highest BCUT2D eigenvalue weighted by Gasteiger charge is 2.29. The molecule has 1 saturated carbocycles. The largest absolute Gasteiger partial charge is 0.354 e.